The lowest BCUT2D eigenvalue weighted by Gasteiger charge is -2.14. The Morgan fingerprint density at radius 1 is 1.35 bits per heavy atom. The van der Waals surface area contributed by atoms with E-state index in [2.05, 4.69) is 10.4 Å². The largest absolute Gasteiger partial charge is 0.416 e. The number of carbonyl (C=O) groups excluding carboxylic acids is 1. The molecule has 10 heteroatoms. The minimum Gasteiger partial charge on any atom is -0.310 e. The molecular formula is C13H7Cl2F3N4O. The molecule has 1 N–H and O–H groups in total. The van der Waals surface area contributed by atoms with Crippen LogP contribution < -0.4 is 5.32 Å². The Balaban J connectivity index is 2.67. The number of hydrogen-bond acceptors (Lipinski definition) is 3. The highest BCUT2D eigenvalue weighted by molar-refractivity contribution is 6.38. The van der Waals surface area contributed by atoms with Crippen molar-refractivity contribution in [2.75, 3.05) is 5.32 Å². The number of halogens is 5. The molecule has 1 aromatic heterocycles. The lowest BCUT2D eigenvalue weighted by Crippen LogP contribution is -2.13. The van der Waals surface area contributed by atoms with Crippen molar-refractivity contribution in [3.63, 3.8) is 0 Å². The van der Waals surface area contributed by atoms with Crippen molar-refractivity contribution in [1.29, 1.82) is 5.26 Å². The SMILES string of the molecule is CC(=O)Nc1c(C#N)cnn1-c1c(Cl)cc(C(F)(F)F)cc1Cl. The van der Waals surface area contributed by atoms with E-state index in [1.54, 1.807) is 6.07 Å². The quantitative estimate of drug-likeness (QED) is 0.876. The molecule has 0 radical (unpaired) electrons. The zero-order chi connectivity index (χ0) is 17.4. The summed E-state index contributed by atoms with van der Waals surface area (Å²) < 4.78 is 39.3. The minimum absolute atomic E-state index is 0.00670. The summed E-state index contributed by atoms with van der Waals surface area (Å²) in [5.74, 6) is -0.536. The van der Waals surface area contributed by atoms with Crippen LogP contribution in [0.1, 0.15) is 18.1 Å². The molecule has 5 nitrogen and oxygen atoms in total. The average molecular weight is 363 g/mol. The van der Waals surface area contributed by atoms with E-state index in [4.69, 9.17) is 28.5 Å². The minimum atomic E-state index is -4.62. The van der Waals surface area contributed by atoms with E-state index < -0.39 is 17.6 Å². The number of carbonyl (C=O) groups is 1. The van der Waals surface area contributed by atoms with Crippen molar-refractivity contribution in [3.8, 4) is 11.8 Å². The lowest BCUT2D eigenvalue weighted by molar-refractivity contribution is -0.137. The average Bonchev–Trinajstić information content (AvgIpc) is 2.79. The summed E-state index contributed by atoms with van der Waals surface area (Å²) in [6, 6.07) is 3.18. The fourth-order valence-electron chi connectivity index (χ4n) is 1.82. The van der Waals surface area contributed by atoms with Gasteiger partial charge in [-0.05, 0) is 12.1 Å². The van der Waals surface area contributed by atoms with Gasteiger partial charge in [0.25, 0.3) is 0 Å². The van der Waals surface area contributed by atoms with Crippen LogP contribution in [-0.4, -0.2) is 15.7 Å². The van der Waals surface area contributed by atoms with E-state index >= 15 is 0 Å². The molecule has 0 fully saturated rings. The van der Waals surface area contributed by atoms with Crippen LogP contribution in [0, 0.1) is 11.3 Å². The van der Waals surface area contributed by atoms with Gasteiger partial charge in [0.1, 0.15) is 17.3 Å². The fraction of sp³-hybridized carbons (Fsp3) is 0.154. The van der Waals surface area contributed by atoms with Crippen LogP contribution in [0.25, 0.3) is 5.69 Å². The number of nitrogens with one attached hydrogen (secondary N) is 1. The van der Waals surface area contributed by atoms with Gasteiger partial charge in [-0.25, -0.2) is 4.68 Å². The Labute approximate surface area is 138 Å². The molecule has 120 valence electrons. The summed E-state index contributed by atoms with van der Waals surface area (Å²) in [5, 5.41) is 14.6. The van der Waals surface area contributed by atoms with Crippen LogP contribution in [-0.2, 0) is 11.0 Å². The van der Waals surface area contributed by atoms with Crippen LogP contribution in [0.3, 0.4) is 0 Å². The van der Waals surface area contributed by atoms with Crippen molar-refractivity contribution >= 4 is 34.9 Å². The van der Waals surface area contributed by atoms with E-state index in [0.29, 0.717) is 12.1 Å². The smallest absolute Gasteiger partial charge is 0.310 e. The van der Waals surface area contributed by atoms with Gasteiger partial charge >= 0.3 is 6.18 Å². The van der Waals surface area contributed by atoms with Crippen molar-refractivity contribution < 1.29 is 18.0 Å². The van der Waals surface area contributed by atoms with E-state index in [9.17, 15) is 18.0 Å². The predicted octanol–water partition coefficient (Wildman–Crippen LogP) is 4.03. The second-order valence-electron chi connectivity index (χ2n) is 4.40. The highest BCUT2D eigenvalue weighted by Gasteiger charge is 2.32. The van der Waals surface area contributed by atoms with Gasteiger partial charge < -0.3 is 5.32 Å². The zero-order valence-corrected chi connectivity index (χ0v) is 12.9. The number of nitrogens with zero attached hydrogens (tertiary/aromatic N) is 3. The molecular weight excluding hydrogens is 356 g/mol. The Morgan fingerprint density at radius 2 is 1.91 bits per heavy atom. The Morgan fingerprint density at radius 3 is 2.35 bits per heavy atom. The van der Waals surface area contributed by atoms with Gasteiger partial charge in [0.05, 0.1) is 21.8 Å². The van der Waals surface area contributed by atoms with Gasteiger partial charge in [0.2, 0.25) is 5.91 Å². The predicted molar refractivity (Wildman–Crippen MR) is 77.6 cm³/mol. The summed E-state index contributed by atoms with van der Waals surface area (Å²) in [6.45, 7) is 1.20. The maximum Gasteiger partial charge on any atom is 0.416 e. The third-order valence-corrected chi connectivity index (χ3v) is 3.32. The number of rotatable bonds is 2. The van der Waals surface area contributed by atoms with Gasteiger partial charge in [-0.2, -0.15) is 23.5 Å². The first-order valence-electron chi connectivity index (χ1n) is 5.97. The van der Waals surface area contributed by atoms with E-state index in [0.717, 1.165) is 10.9 Å². The summed E-state index contributed by atoms with van der Waals surface area (Å²) >= 11 is 11.8. The van der Waals surface area contributed by atoms with Crippen LogP contribution in [0.4, 0.5) is 19.0 Å². The molecule has 0 saturated heterocycles. The molecule has 1 aromatic carbocycles. The van der Waals surface area contributed by atoms with Gasteiger partial charge in [-0.1, -0.05) is 23.2 Å². The number of anilines is 1. The standard InChI is InChI=1S/C13H7Cl2F3N4O/c1-6(23)21-12-7(4-19)5-20-22(12)11-9(14)2-8(3-10(11)15)13(16,17)18/h2-3,5H,1H3,(H,21,23). The van der Waals surface area contributed by atoms with Gasteiger partial charge in [-0.3, -0.25) is 4.79 Å². The maximum atomic E-state index is 12.8. The Bertz CT molecular complexity index is 801. The van der Waals surface area contributed by atoms with Gasteiger partial charge in [0, 0.05) is 6.92 Å². The van der Waals surface area contributed by atoms with Crippen LogP contribution in [0.2, 0.25) is 10.0 Å². The normalized spacial score (nSPS) is 11.2. The van der Waals surface area contributed by atoms with Crippen LogP contribution in [0.5, 0.6) is 0 Å². The monoisotopic (exact) mass is 362 g/mol. The molecule has 2 aromatic rings. The summed E-state index contributed by atoms with van der Waals surface area (Å²) in [6.07, 6.45) is -3.48. The molecule has 0 bridgehead atoms. The molecule has 2 rings (SSSR count). The molecule has 0 aliphatic carbocycles. The molecule has 0 saturated carbocycles. The van der Waals surface area contributed by atoms with Crippen LogP contribution in [0.15, 0.2) is 18.3 Å². The Kier molecular flexibility index (Phi) is 4.54. The van der Waals surface area contributed by atoms with E-state index in [-0.39, 0.29) is 27.1 Å². The molecule has 0 unspecified atom stereocenters. The zero-order valence-electron chi connectivity index (χ0n) is 11.4. The Hall–Kier alpha value is -2.24. The van der Waals surface area contributed by atoms with Crippen molar-refractivity contribution in [2.24, 2.45) is 0 Å². The fourth-order valence-corrected chi connectivity index (χ4v) is 2.47. The van der Waals surface area contributed by atoms with Crippen LogP contribution >= 0.6 is 23.2 Å². The number of nitriles is 1. The summed E-state index contributed by atoms with van der Waals surface area (Å²) in [4.78, 5) is 11.2. The number of hydrogen-bond donors (Lipinski definition) is 1. The highest BCUT2D eigenvalue weighted by Crippen LogP contribution is 2.38. The topological polar surface area (TPSA) is 70.7 Å². The highest BCUT2D eigenvalue weighted by atomic mass is 35.5. The molecule has 0 spiro atoms. The molecule has 1 heterocycles. The number of amides is 1. The third-order valence-electron chi connectivity index (χ3n) is 2.74. The van der Waals surface area contributed by atoms with Gasteiger partial charge in [-0.15, -0.1) is 0 Å². The maximum absolute atomic E-state index is 12.8. The molecule has 0 atom stereocenters. The van der Waals surface area contributed by atoms with E-state index in [1.807, 2.05) is 0 Å². The van der Waals surface area contributed by atoms with Gasteiger partial charge in [0.15, 0.2) is 5.82 Å². The van der Waals surface area contributed by atoms with Crippen molar-refractivity contribution in [1.82, 2.24) is 9.78 Å². The second-order valence-corrected chi connectivity index (χ2v) is 5.21. The summed E-state index contributed by atoms with van der Waals surface area (Å²) in [5.41, 5.74) is -1.09. The first-order valence-corrected chi connectivity index (χ1v) is 6.73. The van der Waals surface area contributed by atoms with E-state index in [1.165, 1.54) is 6.92 Å². The lowest BCUT2D eigenvalue weighted by atomic mass is 10.2. The van der Waals surface area contributed by atoms with Crippen molar-refractivity contribution in [2.45, 2.75) is 13.1 Å². The third kappa shape index (κ3) is 3.41. The summed E-state index contributed by atoms with van der Waals surface area (Å²) in [7, 11) is 0. The number of alkyl halides is 3. The van der Waals surface area contributed by atoms with Crippen molar-refractivity contribution in [3.05, 3.63) is 39.5 Å². The second kappa shape index (κ2) is 6.10. The first-order chi connectivity index (χ1) is 10.6. The molecule has 1 amide bonds. The first kappa shape index (κ1) is 17.1. The number of aromatic nitrogens is 2. The molecule has 23 heavy (non-hydrogen) atoms. The number of benzene rings is 1. The molecule has 0 aliphatic heterocycles. The molecule has 0 aliphatic rings.